The second-order valence-corrected chi connectivity index (χ2v) is 3.65. The predicted octanol–water partition coefficient (Wildman–Crippen LogP) is 3.76. The molecule has 1 aromatic rings. The molecular formula is C7H4Br2F3N. The number of halogens is 5. The van der Waals surface area contributed by atoms with Crippen molar-refractivity contribution in [2.45, 2.75) is 11.5 Å². The number of rotatable bonds is 1. The summed E-state index contributed by atoms with van der Waals surface area (Å²) < 4.78 is 36.9. The molecular weight excluding hydrogens is 315 g/mol. The Morgan fingerprint density at radius 1 is 1.31 bits per heavy atom. The molecule has 0 fully saturated rings. The monoisotopic (exact) mass is 317 g/mol. The minimum absolute atomic E-state index is 0.0480. The van der Waals surface area contributed by atoms with E-state index in [1.807, 2.05) is 0 Å². The van der Waals surface area contributed by atoms with Crippen LogP contribution < -0.4 is 0 Å². The van der Waals surface area contributed by atoms with Crippen molar-refractivity contribution in [1.29, 1.82) is 0 Å². The summed E-state index contributed by atoms with van der Waals surface area (Å²) in [7, 11) is 0. The summed E-state index contributed by atoms with van der Waals surface area (Å²) in [4.78, 5) is 3.50. The summed E-state index contributed by atoms with van der Waals surface area (Å²) in [5, 5.41) is 0.338. The highest BCUT2D eigenvalue weighted by Crippen LogP contribution is 2.36. The lowest BCUT2D eigenvalue weighted by atomic mass is 10.2. The Balaban J connectivity index is 3.24. The SMILES string of the molecule is FC(F)(F)c1cncc(CBr)c1Br. The molecule has 13 heavy (non-hydrogen) atoms. The third-order valence-corrected chi connectivity index (χ3v) is 2.94. The summed E-state index contributed by atoms with van der Waals surface area (Å²) >= 11 is 5.96. The zero-order valence-corrected chi connectivity index (χ0v) is 9.37. The maximum absolute atomic E-state index is 12.3. The van der Waals surface area contributed by atoms with E-state index < -0.39 is 11.7 Å². The van der Waals surface area contributed by atoms with Crippen LogP contribution in [0.15, 0.2) is 16.9 Å². The molecule has 0 unspecified atom stereocenters. The highest BCUT2D eigenvalue weighted by atomic mass is 79.9. The Labute approximate surface area is 89.6 Å². The molecule has 0 N–H and O–H groups in total. The summed E-state index contributed by atoms with van der Waals surface area (Å²) in [6, 6.07) is 0. The molecule has 0 saturated carbocycles. The van der Waals surface area contributed by atoms with Crippen LogP contribution in [0.2, 0.25) is 0 Å². The van der Waals surface area contributed by atoms with Crippen molar-refractivity contribution < 1.29 is 13.2 Å². The predicted molar refractivity (Wildman–Crippen MR) is 49.6 cm³/mol. The Morgan fingerprint density at radius 2 is 1.92 bits per heavy atom. The van der Waals surface area contributed by atoms with Crippen molar-refractivity contribution in [3.05, 3.63) is 28.0 Å². The summed E-state index contributed by atoms with van der Waals surface area (Å²) in [5.74, 6) is 0. The van der Waals surface area contributed by atoms with Gasteiger partial charge >= 0.3 is 6.18 Å². The summed E-state index contributed by atoms with van der Waals surface area (Å²) in [6.45, 7) is 0. The number of nitrogens with zero attached hydrogens (tertiary/aromatic N) is 1. The molecule has 1 aromatic heterocycles. The summed E-state index contributed by atoms with van der Waals surface area (Å²) in [6.07, 6.45) is -2.17. The minimum atomic E-state index is -4.36. The molecule has 1 heterocycles. The van der Waals surface area contributed by atoms with Crippen molar-refractivity contribution in [2.24, 2.45) is 0 Å². The minimum Gasteiger partial charge on any atom is -0.264 e. The van der Waals surface area contributed by atoms with Gasteiger partial charge in [-0.1, -0.05) is 15.9 Å². The molecule has 72 valence electrons. The summed E-state index contributed by atoms with van der Waals surface area (Å²) in [5.41, 5.74) is -0.265. The first kappa shape index (κ1) is 11.0. The highest BCUT2D eigenvalue weighted by molar-refractivity contribution is 9.10. The van der Waals surface area contributed by atoms with Gasteiger partial charge in [0.15, 0.2) is 0 Å². The number of hydrogen-bond donors (Lipinski definition) is 0. The van der Waals surface area contributed by atoms with Crippen LogP contribution in [0.4, 0.5) is 13.2 Å². The van der Waals surface area contributed by atoms with Crippen LogP contribution in [0.3, 0.4) is 0 Å². The lowest BCUT2D eigenvalue weighted by molar-refractivity contribution is -0.138. The van der Waals surface area contributed by atoms with E-state index in [2.05, 4.69) is 36.8 Å². The zero-order valence-electron chi connectivity index (χ0n) is 6.20. The molecule has 0 aliphatic rings. The van der Waals surface area contributed by atoms with Crippen LogP contribution in [0, 0.1) is 0 Å². The van der Waals surface area contributed by atoms with E-state index in [-0.39, 0.29) is 4.47 Å². The zero-order chi connectivity index (χ0) is 10.1. The van der Waals surface area contributed by atoms with Crippen LogP contribution in [0.5, 0.6) is 0 Å². The lowest BCUT2D eigenvalue weighted by Gasteiger charge is -2.10. The van der Waals surface area contributed by atoms with Crippen LogP contribution in [-0.4, -0.2) is 4.98 Å². The van der Waals surface area contributed by atoms with Gasteiger partial charge in [0.2, 0.25) is 0 Å². The average Bonchev–Trinajstić information content (AvgIpc) is 2.02. The van der Waals surface area contributed by atoms with E-state index in [4.69, 9.17) is 0 Å². The molecule has 0 atom stereocenters. The van der Waals surface area contributed by atoms with Crippen LogP contribution >= 0.6 is 31.9 Å². The third-order valence-electron chi connectivity index (χ3n) is 1.40. The standard InChI is InChI=1S/C7H4Br2F3N/c8-1-4-2-13-3-5(6(4)9)7(10,11)12/h2-3H,1H2. The second-order valence-electron chi connectivity index (χ2n) is 2.29. The van der Waals surface area contributed by atoms with E-state index in [0.29, 0.717) is 10.9 Å². The molecule has 1 nitrogen and oxygen atoms in total. The van der Waals surface area contributed by atoms with E-state index in [9.17, 15) is 13.2 Å². The number of hydrogen-bond acceptors (Lipinski definition) is 1. The smallest absolute Gasteiger partial charge is 0.264 e. The molecule has 6 heteroatoms. The van der Waals surface area contributed by atoms with E-state index >= 15 is 0 Å². The lowest BCUT2D eigenvalue weighted by Crippen LogP contribution is -2.07. The molecule has 0 aliphatic carbocycles. The van der Waals surface area contributed by atoms with Crippen molar-refractivity contribution in [3.8, 4) is 0 Å². The van der Waals surface area contributed by atoms with Gasteiger partial charge in [-0.2, -0.15) is 13.2 Å². The van der Waals surface area contributed by atoms with Crippen molar-refractivity contribution in [1.82, 2.24) is 4.98 Å². The van der Waals surface area contributed by atoms with Crippen LogP contribution in [0.1, 0.15) is 11.1 Å². The molecule has 1 rings (SSSR count). The first-order valence-corrected chi connectivity index (χ1v) is 5.13. The molecule has 0 aromatic carbocycles. The number of pyridine rings is 1. The quantitative estimate of drug-likeness (QED) is 0.719. The van der Waals surface area contributed by atoms with E-state index in [1.165, 1.54) is 6.20 Å². The second kappa shape index (κ2) is 3.96. The van der Waals surface area contributed by atoms with Gasteiger partial charge in [-0.3, -0.25) is 4.98 Å². The number of alkyl halides is 4. The fraction of sp³-hybridized carbons (Fsp3) is 0.286. The highest BCUT2D eigenvalue weighted by Gasteiger charge is 2.34. The van der Waals surface area contributed by atoms with Gasteiger partial charge < -0.3 is 0 Å². The molecule has 0 aliphatic heterocycles. The largest absolute Gasteiger partial charge is 0.418 e. The van der Waals surface area contributed by atoms with Crippen molar-refractivity contribution in [2.75, 3.05) is 0 Å². The Morgan fingerprint density at radius 3 is 2.38 bits per heavy atom. The van der Waals surface area contributed by atoms with Crippen LogP contribution in [-0.2, 0) is 11.5 Å². The maximum Gasteiger partial charge on any atom is 0.418 e. The topological polar surface area (TPSA) is 12.9 Å². The Hall–Kier alpha value is -0.100. The first-order valence-electron chi connectivity index (χ1n) is 3.22. The van der Waals surface area contributed by atoms with Crippen molar-refractivity contribution in [3.63, 3.8) is 0 Å². The maximum atomic E-state index is 12.3. The van der Waals surface area contributed by atoms with Gasteiger partial charge in [-0.15, -0.1) is 0 Å². The van der Waals surface area contributed by atoms with Gasteiger partial charge in [0.1, 0.15) is 0 Å². The van der Waals surface area contributed by atoms with E-state index in [1.54, 1.807) is 0 Å². The fourth-order valence-electron chi connectivity index (χ4n) is 0.779. The van der Waals surface area contributed by atoms with Crippen molar-refractivity contribution >= 4 is 31.9 Å². The number of aromatic nitrogens is 1. The third kappa shape index (κ3) is 2.43. The van der Waals surface area contributed by atoms with Crippen LogP contribution in [0.25, 0.3) is 0 Å². The fourth-order valence-corrected chi connectivity index (χ4v) is 2.15. The van der Waals surface area contributed by atoms with Gasteiger partial charge in [0, 0.05) is 22.2 Å². The molecule has 0 amide bonds. The van der Waals surface area contributed by atoms with Gasteiger partial charge in [0.05, 0.1) is 5.56 Å². The molecule has 0 saturated heterocycles. The molecule has 0 spiro atoms. The molecule has 0 bridgehead atoms. The molecule has 0 radical (unpaired) electrons. The van der Waals surface area contributed by atoms with Gasteiger partial charge in [-0.25, -0.2) is 0 Å². The normalized spacial score (nSPS) is 11.8. The average molecular weight is 319 g/mol. The Kier molecular flexibility index (Phi) is 3.34. The van der Waals surface area contributed by atoms with Gasteiger partial charge in [0.25, 0.3) is 0 Å². The van der Waals surface area contributed by atoms with Gasteiger partial charge in [-0.05, 0) is 21.5 Å². The van der Waals surface area contributed by atoms with E-state index in [0.717, 1.165) is 6.20 Å². The Bertz CT molecular complexity index is 311. The first-order chi connectivity index (χ1) is 5.96.